The van der Waals surface area contributed by atoms with E-state index < -0.39 is 0 Å². The molecule has 1 aliphatic heterocycles. The van der Waals surface area contributed by atoms with Gasteiger partial charge >= 0.3 is 0 Å². The minimum atomic E-state index is 0.578. The van der Waals surface area contributed by atoms with Crippen LogP contribution in [0.15, 0.2) is 30.3 Å². The molecule has 3 aromatic rings. The van der Waals surface area contributed by atoms with Crippen molar-refractivity contribution in [3.63, 3.8) is 0 Å². The summed E-state index contributed by atoms with van der Waals surface area (Å²) >= 11 is 6.44. The Labute approximate surface area is 160 Å². The number of nitrogens with zero attached hydrogens (tertiary/aromatic N) is 3. The first kappa shape index (κ1) is 17.4. The number of fused-ring (bicyclic) bond motifs is 2. The highest BCUT2D eigenvalue weighted by Crippen LogP contribution is 2.36. The molecule has 1 aliphatic rings. The summed E-state index contributed by atoms with van der Waals surface area (Å²) in [5.74, 6) is 1.60. The lowest BCUT2D eigenvalue weighted by atomic mass is 10.00. The molecular formula is C22H26ClN3. The summed E-state index contributed by atoms with van der Waals surface area (Å²) in [5.41, 5.74) is 6.70. The Balaban J connectivity index is 1.88. The van der Waals surface area contributed by atoms with E-state index in [0.29, 0.717) is 11.1 Å². The first-order valence-corrected chi connectivity index (χ1v) is 9.81. The SMILES string of the molecule is Cc1c(C)n(CC(C)C)c2c(N3CCc4ccccc4C3)nc(Cl)cc12. The summed E-state index contributed by atoms with van der Waals surface area (Å²) in [4.78, 5) is 7.19. The van der Waals surface area contributed by atoms with Gasteiger partial charge in [0.1, 0.15) is 5.15 Å². The third kappa shape index (κ3) is 2.88. The fourth-order valence-electron chi connectivity index (χ4n) is 4.10. The van der Waals surface area contributed by atoms with Gasteiger partial charge in [-0.25, -0.2) is 4.98 Å². The van der Waals surface area contributed by atoms with Gasteiger partial charge in [-0.3, -0.25) is 0 Å². The van der Waals surface area contributed by atoms with Crippen LogP contribution < -0.4 is 4.90 Å². The van der Waals surface area contributed by atoms with Crippen LogP contribution in [0.4, 0.5) is 5.82 Å². The molecule has 0 unspecified atom stereocenters. The van der Waals surface area contributed by atoms with Crippen molar-refractivity contribution in [2.24, 2.45) is 5.92 Å². The molecule has 0 amide bonds. The first-order valence-electron chi connectivity index (χ1n) is 9.43. The summed E-state index contributed by atoms with van der Waals surface area (Å²) in [6, 6.07) is 10.7. The monoisotopic (exact) mass is 367 g/mol. The minimum Gasteiger partial charge on any atom is -0.350 e. The van der Waals surface area contributed by atoms with Gasteiger partial charge in [-0.15, -0.1) is 0 Å². The van der Waals surface area contributed by atoms with Crippen molar-refractivity contribution < 1.29 is 0 Å². The minimum absolute atomic E-state index is 0.578. The fourth-order valence-corrected chi connectivity index (χ4v) is 4.29. The van der Waals surface area contributed by atoms with Gasteiger partial charge < -0.3 is 9.47 Å². The summed E-state index contributed by atoms with van der Waals surface area (Å²) in [6.07, 6.45) is 1.05. The van der Waals surface area contributed by atoms with E-state index in [0.717, 1.165) is 31.9 Å². The topological polar surface area (TPSA) is 21.1 Å². The molecule has 0 saturated heterocycles. The van der Waals surface area contributed by atoms with Crippen LogP contribution in [0, 0.1) is 19.8 Å². The molecule has 0 radical (unpaired) electrons. The second-order valence-electron chi connectivity index (χ2n) is 7.82. The molecule has 0 N–H and O–H groups in total. The molecule has 0 spiro atoms. The van der Waals surface area contributed by atoms with Crippen LogP contribution in [0.1, 0.15) is 36.2 Å². The maximum absolute atomic E-state index is 6.44. The Hall–Kier alpha value is -2.00. The van der Waals surface area contributed by atoms with Crippen LogP contribution in [-0.4, -0.2) is 16.1 Å². The van der Waals surface area contributed by atoms with Crippen LogP contribution in [-0.2, 0) is 19.5 Å². The molecule has 3 nitrogen and oxygen atoms in total. The molecule has 0 fully saturated rings. The highest BCUT2D eigenvalue weighted by atomic mass is 35.5. The molecule has 3 heterocycles. The van der Waals surface area contributed by atoms with Gasteiger partial charge in [0.15, 0.2) is 5.82 Å². The highest BCUT2D eigenvalue weighted by molar-refractivity contribution is 6.30. The highest BCUT2D eigenvalue weighted by Gasteiger charge is 2.24. The van der Waals surface area contributed by atoms with E-state index in [1.165, 1.54) is 33.3 Å². The normalized spacial score (nSPS) is 14.3. The maximum Gasteiger partial charge on any atom is 0.155 e. The van der Waals surface area contributed by atoms with E-state index in [2.05, 4.69) is 61.4 Å². The third-order valence-electron chi connectivity index (χ3n) is 5.54. The van der Waals surface area contributed by atoms with Gasteiger partial charge in [-0.2, -0.15) is 0 Å². The van der Waals surface area contributed by atoms with Crippen molar-refractivity contribution in [3.8, 4) is 0 Å². The number of pyridine rings is 1. The number of halogens is 1. The summed E-state index contributed by atoms with van der Waals surface area (Å²) < 4.78 is 2.44. The number of rotatable bonds is 3. The lowest BCUT2D eigenvalue weighted by Crippen LogP contribution is -2.31. The zero-order valence-electron chi connectivity index (χ0n) is 16.0. The van der Waals surface area contributed by atoms with Gasteiger partial charge in [0.2, 0.25) is 0 Å². The van der Waals surface area contributed by atoms with Crippen LogP contribution in [0.5, 0.6) is 0 Å². The number of benzene rings is 1. The Morgan fingerprint density at radius 3 is 2.62 bits per heavy atom. The quantitative estimate of drug-likeness (QED) is 0.568. The van der Waals surface area contributed by atoms with E-state index in [-0.39, 0.29) is 0 Å². The van der Waals surface area contributed by atoms with Crippen molar-refractivity contribution in [2.75, 3.05) is 11.4 Å². The molecule has 4 heteroatoms. The smallest absolute Gasteiger partial charge is 0.155 e. The molecule has 1 aromatic carbocycles. The zero-order valence-corrected chi connectivity index (χ0v) is 16.8. The van der Waals surface area contributed by atoms with E-state index in [4.69, 9.17) is 16.6 Å². The molecule has 26 heavy (non-hydrogen) atoms. The number of aryl methyl sites for hydroxylation is 1. The molecule has 0 atom stereocenters. The van der Waals surface area contributed by atoms with Crippen molar-refractivity contribution >= 4 is 28.3 Å². The van der Waals surface area contributed by atoms with E-state index in [9.17, 15) is 0 Å². The second kappa shape index (κ2) is 6.62. The molecule has 0 bridgehead atoms. The van der Waals surface area contributed by atoms with Gasteiger partial charge in [-0.05, 0) is 48.9 Å². The van der Waals surface area contributed by atoms with Crippen molar-refractivity contribution in [3.05, 3.63) is 57.9 Å². The average molecular weight is 368 g/mol. The maximum atomic E-state index is 6.44. The van der Waals surface area contributed by atoms with Crippen molar-refractivity contribution in [2.45, 2.75) is 47.2 Å². The molecule has 2 aromatic heterocycles. The molecule has 0 saturated carbocycles. The Bertz CT molecular complexity index is 971. The summed E-state index contributed by atoms with van der Waals surface area (Å²) in [5, 5.41) is 1.81. The third-order valence-corrected chi connectivity index (χ3v) is 5.74. The molecular weight excluding hydrogens is 342 g/mol. The number of aromatic nitrogens is 2. The van der Waals surface area contributed by atoms with Gasteiger partial charge in [-0.1, -0.05) is 49.7 Å². The Morgan fingerprint density at radius 2 is 1.88 bits per heavy atom. The number of hydrogen-bond donors (Lipinski definition) is 0. The van der Waals surface area contributed by atoms with Crippen LogP contribution in [0.2, 0.25) is 5.15 Å². The predicted molar refractivity (Wildman–Crippen MR) is 110 cm³/mol. The zero-order chi connectivity index (χ0) is 18.4. The number of hydrogen-bond acceptors (Lipinski definition) is 2. The Kier molecular flexibility index (Phi) is 4.44. The van der Waals surface area contributed by atoms with Crippen LogP contribution in [0.25, 0.3) is 10.9 Å². The molecule has 0 aliphatic carbocycles. The van der Waals surface area contributed by atoms with E-state index in [1.807, 2.05) is 6.07 Å². The standard InChI is InChI=1S/C22H26ClN3/c1-14(2)12-26-16(4)15(3)19-11-20(23)24-22(21(19)26)25-10-9-17-7-5-6-8-18(17)13-25/h5-8,11,14H,9-10,12-13H2,1-4H3. The fraction of sp³-hybridized carbons (Fsp3) is 0.409. The molecule has 136 valence electrons. The Morgan fingerprint density at radius 1 is 1.15 bits per heavy atom. The average Bonchev–Trinajstić information content (AvgIpc) is 2.85. The summed E-state index contributed by atoms with van der Waals surface area (Å²) in [7, 11) is 0. The van der Waals surface area contributed by atoms with Crippen molar-refractivity contribution in [1.82, 2.24) is 9.55 Å². The predicted octanol–water partition coefficient (Wildman–Crippen LogP) is 5.53. The number of anilines is 1. The lowest BCUT2D eigenvalue weighted by molar-refractivity contribution is 0.526. The van der Waals surface area contributed by atoms with E-state index in [1.54, 1.807) is 0 Å². The van der Waals surface area contributed by atoms with Gasteiger partial charge in [0, 0.05) is 30.7 Å². The van der Waals surface area contributed by atoms with E-state index >= 15 is 0 Å². The first-order chi connectivity index (χ1) is 12.5. The van der Waals surface area contributed by atoms with Crippen molar-refractivity contribution in [1.29, 1.82) is 0 Å². The largest absolute Gasteiger partial charge is 0.350 e. The van der Waals surface area contributed by atoms with Crippen LogP contribution in [0.3, 0.4) is 0 Å². The van der Waals surface area contributed by atoms with Gasteiger partial charge in [0.05, 0.1) is 5.52 Å². The van der Waals surface area contributed by atoms with Crippen LogP contribution >= 0.6 is 11.6 Å². The molecule has 4 rings (SSSR count). The summed E-state index contributed by atoms with van der Waals surface area (Å²) in [6.45, 7) is 11.8. The van der Waals surface area contributed by atoms with Gasteiger partial charge in [0.25, 0.3) is 0 Å². The second-order valence-corrected chi connectivity index (χ2v) is 8.21. The lowest BCUT2D eigenvalue weighted by Gasteiger charge is -2.31.